The molecule has 232 valence electrons. The summed E-state index contributed by atoms with van der Waals surface area (Å²) in [6.07, 6.45) is 0. The van der Waals surface area contributed by atoms with Gasteiger partial charge in [0.25, 0.3) is 0 Å². The lowest BCUT2D eigenvalue weighted by Crippen LogP contribution is -1.98. The van der Waals surface area contributed by atoms with E-state index in [1.54, 1.807) is 12.1 Å². The van der Waals surface area contributed by atoms with Gasteiger partial charge in [0, 0.05) is 27.8 Å². The van der Waals surface area contributed by atoms with Gasteiger partial charge in [-0.05, 0) is 40.6 Å². The molecule has 50 heavy (non-hydrogen) atoms. The maximum Gasteiger partial charge on any atom is 0.187 e. The summed E-state index contributed by atoms with van der Waals surface area (Å²) in [7, 11) is 0. The van der Waals surface area contributed by atoms with Gasteiger partial charge < -0.3 is 0 Å². The summed E-state index contributed by atoms with van der Waals surface area (Å²) in [5, 5.41) is 11.3. The number of hydrogen-bond acceptors (Lipinski definition) is 5. The predicted octanol–water partition coefficient (Wildman–Crippen LogP) is 10.8. The zero-order valence-corrected chi connectivity index (χ0v) is 26.7. The summed E-state index contributed by atoms with van der Waals surface area (Å²) in [5.41, 5.74) is 9.84. The molecule has 8 rings (SSSR count). The first kappa shape index (κ1) is 30.1. The topological polar surface area (TPSA) is 79.7 Å². The number of rotatable bonds is 6. The van der Waals surface area contributed by atoms with Gasteiger partial charge in [-0.1, -0.05) is 133 Å². The second-order valence-electron chi connectivity index (χ2n) is 11.7. The van der Waals surface area contributed by atoms with Crippen LogP contribution in [-0.2, 0) is 0 Å². The Morgan fingerprint density at radius 3 is 1.24 bits per heavy atom. The summed E-state index contributed by atoms with van der Waals surface area (Å²) in [5.74, 6) is 1.18. The fraction of sp³-hybridized carbons (Fsp3) is 0. The molecule has 0 amide bonds. The van der Waals surface area contributed by atoms with Gasteiger partial charge in [0.15, 0.2) is 17.3 Å². The molecule has 0 saturated carbocycles. The summed E-state index contributed by atoms with van der Waals surface area (Å²) in [4.78, 5) is 23.9. The lowest BCUT2D eigenvalue weighted by molar-refractivity contribution is 1.18. The van der Waals surface area contributed by atoms with E-state index in [9.17, 15) is 5.26 Å². The number of nitriles is 1. The first-order chi connectivity index (χ1) is 24.7. The number of aromatic nitrogens is 4. The van der Waals surface area contributed by atoms with Crippen molar-refractivity contribution in [3.8, 4) is 73.9 Å². The zero-order valence-electron chi connectivity index (χ0n) is 26.7. The fourth-order valence-corrected chi connectivity index (χ4v) is 6.07. The maximum absolute atomic E-state index is 9.36. The van der Waals surface area contributed by atoms with E-state index in [-0.39, 0.29) is 0 Å². The standard InChI is InChI=1S/C44H26N6/c1-46-34-24-22-33(23-25-34)42-27-40(31-12-6-3-7-13-31)48-44(50-42)38-17-9-14-35-36(38)15-8-16-37(35)43-47-39(30-10-4-2-5-11-30)26-41(49-43)32-20-18-29(28-45)19-21-32/h2-27H. The van der Waals surface area contributed by atoms with Crippen molar-refractivity contribution in [3.63, 3.8) is 0 Å². The molecule has 0 bridgehead atoms. The predicted molar refractivity (Wildman–Crippen MR) is 199 cm³/mol. The van der Waals surface area contributed by atoms with Crippen molar-refractivity contribution in [1.29, 1.82) is 5.26 Å². The largest absolute Gasteiger partial charge is 0.238 e. The molecule has 6 aromatic carbocycles. The van der Waals surface area contributed by atoms with E-state index < -0.39 is 0 Å². The third-order valence-electron chi connectivity index (χ3n) is 8.60. The van der Waals surface area contributed by atoms with E-state index >= 15 is 0 Å². The van der Waals surface area contributed by atoms with Gasteiger partial charge in [-0.3, -0.25) is 0 Å². The van der Waals surface area contributed by atoms with Crippen molar-refractivity contribution in [3.05, 3.63) is 175 Å². The summed E-state index contributed by atoms with van der Waals surface area (Å²) >= 11 is 0. The van der Waals surface area contributed by atoms with Crippen LogP contribution < -0.4 is 0 Å². The minimum atomic E-state index is 0.578. The highest BCUT2D eigenvalue weighted by Gasteiger charge is 2.17. The quantitative estimate of drug-likeness (QED) is 0.169. The Labute approximate surface area is 289 Å². The Morgan fingerprint density at radius 1 is 0.440 bits per heavy atom. The van der Waals surface area contributed by atoms with E-state index in [1.807, 2.05) is 133 Å². The average molecular weight is 639 g/mol. The molecule has 2 aromatic heterocycles. The Bertz CT molecular complexity index is 2400. The minimum absolute atomic E-state index is 0.578. The van der Waals surface area contributed by atoms with Crippen LogP contribution in [0.4, 0.5) is 5.69 Å². The van der Waals surface area contributed by atoms with Gasteiger partial charge in [0.05, 0.1) is 41.0 Å². The second-order valence-corrected chi connectivity index (χ2v) is 11.7. The highest BCUT2D eigenvalue weighted by atomic mass is 14.9. The first-order valence-electron chi connectivity index (χ1n) is 16.1. The van der Waals surface area contributed by atoms with Crippen LogP contribution in [0.3, 0.4) is 0 Å². The molecular formula is C44H26N6. The third-order valence-corrected chi connectivity index (χ3v) is 8.60. The van der Waals surface area contributed by atoms with E-state index in [2.05, 4.69) is 23.0 Å². The molecular weight excluding hydrogens is 613 g/mol. The van der Waals surface area contributed by atoms with E-state index in [4.69, 9.17) is 26.5 Å². The highest BCUT2D eigenvalue weighted by molar-refractivity contribution is 6.03. The lowest BCUT2D eigenvalue weighted by Gasteiger charge is -2.14. The zero-order chi connectivity index (χ0) is 33.9. The maximum atomic E-state index is 9.36. The number of fused-ring (bicyclic) bond motifs is 1. The fourth-order valence-electron chi connectivity index (χ4n) is 6.07. The third kappa shape index (κ3) is 5.86. The SMILES string of the molecule is [C-]#[N+]c1ccc(-c2cc(-c3ccccc3)nc(-c3cccc4c(-c5nc(-c6ccccc6)cc(-c6ccc(C#N)cc6)n5)cccc34)n2)cc1. The van der Waals surface area contributed by atoms with E-state index in [0.717, 1.165) is 66.9 Å². The molecule has 0 N–H and O–H groups in total. The molecule has 8 aromatic rings. The molecule has 0 unspecified atom stereocenters. The normalized spacial score (nSPS) is 10.8. The van der Waals surface area contributed by atoms with Gasteiger partial charge in [-0.25, -0.2) is 24.8 Å². The van der Waals surface area contributed by atoms with E-state index in [0.29, 0.717) is 22.9 Å². The van der Waals surface area contributed by atoms with Crippen LogP contribution in [0.15, 0.2) is 158 Å². The molecule has 0 saturated heterocycles. The van der Waals surface area contributed by atoms with Crippen LogP contribution >= 0.6 is 0 Å². The molecule has 0 aliphatic heterocycles. The Hall–Kier alpha value is -7.28. The van der Waals surface area contributed by atoms with Crippen molar-refractivity contribution in [2.24, 2.45) is 0 Å². The average Bonchev–Trinajstić information content (AvgIpc) is 3.20. The Balaban J connectivity index is 1.31. The van der Waals surface area contributed by atoms with Crippen LogP contribution in [-0.4, -0.2) is 19.9 Å². The van der Waals surface area contributed by atoms with Crippen LogP contribution in [0.2, 0.25) is 0 Å². The molecule has 0 atom stereocenters. The van der Waals surface area contributed by atoms with Crippen LogP contribution in [0.5, 0.6) is 0 Å². The second kappa shape index (κ2) is 13.1. The van der Waals surface area contributed by atoms with Gasteiger partial charge >= 0.3 is 0 Å². The van der Waals surface area contributed by atoms with E-state index in [1.165, 1.54) is 0 Å². The molecule has 0 aliphatic carbocycles. The number of hydrogen-bond donors (Lipinski definition) is 0. The molecule has 6 heteroatoms. The molecule has 2 heterocycles. The van der Waals surface area contributed by atoms with Crippen molar-refractivity contribution >= 4 is 16.5 Å². The molecule has 6 nitrogen and oxygen atoms in total. The van der Waals surface area contributed by atoms with Gasteiger partial charge in [0.1, 0.15) is 0 Å². The number of nitrogens with zero attached hydrogens (tertiary/aromatic N) is 6. The Morgan fingerprint density at radius 2 is 0.840 bits per heavy atom. The Kier molecular flexibility index (Phi) is 7.87. The van der Waals surface area contributed by atoms with Crippen molar-refractivity contribution < 1.29 is 0 Å². The van der Waals surface area contributed by atoms with Crippen molar-refractivity contribution in [1.82, 2.24) is 19.9 Å². The number of benzene rings is 6. The van der Waals surface area contributed by atoms with Crippen molar-refractivity contribution in [2.75, 3.05) is 0 Å². The van der Waals surface area contributed by atoms with Crippen LogP contribution in [0.25, 0.3) is 83.4 Å². The highest BCUT2D eigenvalue weighted by Crippen LogP contribution is 2.36. The monoisotopic (exact) mass is 638 g/mol. The first-order valence-corrected chi connectivity index (χ1v) is 16.1. The minimum Gasteiger partial charge on any atom is -0.238 e. The molecule has 0 radical (unpaired) electrons. The van der Waals surface area contributed by atoms with Crippen LogP contribution in [0, 0.1) is 17.9 Å². The smallest absolute Gasteiger partial charge is 0.187 e. The van der Waals surface area contributed by atoms with Gasteiger partial charge in [-0.15, -0.1) is 0 Å². The molecule has 0 aliphatic rings. The molecule has 0 spiro atoms. The molecule has 0 fully saturated rings. The summed E-state index contributed by atoms with van der Waals surface area (Å²) < 4.78 is 0. The van der Waals surface area contributed by atoms with Gasteiger partial charge in [-0.2, -0.15) is 5.26 Å². The summed E-state index contributed by atoms with van der Waals surface area (Å²) in [6, 6.07) is 53.6. The van der Waals surface area contributed by atoms with Gasteiger partial charge in [0.2, 0.25) is 0 Å². The van der Waals surface area contributed by atoms with Crippen molar-refractivity contribution in [2.45, 2.75) is 0 Å². The lowest BCUT2D eigenvalue weighted by atomic mass is 9.98. The summed E-state index contributed by atoms with van der Waals surface area (Å²) in [6.45, 7) is 7.37. The van der Waals surface area contributed by atoms with Crippen LogP contribution in [0.1, 0.15) is 5.56 Å².